The van der Waals surface area contributed by atoms with E-state index in [-0.39, 0.29) is 30.1 Å². The molecule has 0 aromatic heterocycles. The van der Waals surface area contributed by atoms with E-state index in [1.807, 2.05) is 12.1 Å². The molecule has 0 radical (unpaired) electrons. The van der Waals surface area contributed by atoms with Gasteiger partial charge in [0.2, 0.25) is 5.91 Å². The number of hydrogen-bond acceptors (Lipinski definition) is 5. The third kappa shape index (κ3) is 4.40. The van der Waals surface area contributed by atoms with Crippen LogP contribution in [0.1, 0.15) is 33.9 Å². The predicted octanol–water partition coefficient (Wildman–Crippen LogP) is 1.93. The van der Waals surface area contributed by atoms with Crippen molar-refractivity contribution in [2.75, 3.05) is 13.1 Å². The van der Waals surface area contributed by atoms with Gasteiger partial charge in [0, 0.05) is 37.2 Å². The molecule has 9 heteroatoms. The number of nitro groups is 1. The van der Waals surface area contributed by atoms with E-state index in [9.17, 15) is 29.6 Å². The van der Waals surface area contributed by atoms with Crippen molar-refractivity contribution >= 4 is 23.5 Å². The van der Waals surface area contributed by atoms with Crippen LogP contribution in [0.4, 0.5) is 5.69 Å². The highest BCUT2D eigenvalue weighted by Crippen LogP contribution is 2.30. The van der Waals surface area contributed by atoms with E-state index in [2.05, 4.69) is 5.32 Å². The number of aliphatic carboxylic acids is 1. The lowest BCUT2D eigenvalue weighted by Gasteiger charge is -2.34. The largest absolute Gasteiger partial charge is 0.479 e. The fourth-order valence-corrected chi connectivity index (χ4v) is 3.36. The highest BCUT2D eigenvalue weighted by Gasteiger charge is 2.35. The van der Waals surface area contributed by atoms with Gasteiger partial charge in [-0.1, -0.05) is 24.3 Å². The molecule has 150 valence electrons. The molecule has 0 spiro atoms. The molecule has 3 rings (SSSR count). The second-order valence-electron chi connectivity index (χ2n) is 6.59. The average Bonchev–Trinajstić information content (AvgIpc) is 2.72. The SMILES string of the molecule is O=C(NCCC(=O)N1CCc2ccccc2C1C(=O)O)c1ccc([N+](=O)[O-])cc1. The van der Waals surface area contributed by atoms with Crippen molar-refractivity contribution in [3.63, 3.8) is 0 Å². The summed E-state index contributed by atoms with van der Waals surface area (Å²) in [7, 11) is 0. The van der Waals surface area contributed by atoms with Gasteiger partial charge in [-0.3, -0.25) is 19.7 Å². The van der Waals surface area contributed by atoms with Crippen molar-refractivity contribution < 1.29 is 24.4 Å². The number of carbonyl (C=O) groups is 3. The quantitative estimate of drug-likeness (QED) is 0.566. The Hall–Kier alpha value is -3.75. The van der Waals surface area contributed by atoms with Crippen LogP contribution in [0.3, 0.4) is 0 Å². The normalized spacial score (nSPS) is 15.3. The first kappa shape index (κ1) is 20.0. The Labute approximate surface area is 166 Å². The minimum atomic E-state index is -1.10. The lowest BCUT2D eigenvalue weighted by atomic mass is 9.92. The lowest BCUT2D eigenvalue weighted by molar-refractivity contribution is -0.384. The zero-order chi connectivity index (χ0) is 21.0. The molecule has 2 aromatic carbocycles. The van der Waals surface area contributed by atoms with Crippen molar-refractivity contribution in [2.24, 2.45) is 0 Å². The maximum absolute atomic E-state index is 12.6. The molecule has 0 saturated heterocycles. The number of carboxylic acids is 1. The van der Waals surface area contributed by atoms with Crippen LogP contribution in [0.2, 0.25) is 0 Å². The summed E-state index contributed by atoms with van der Waals surface area (Å²) >= 11 is 0. The number of rotatable bonds is 6. The molecule has 0 saturated carbocycles. The summed E-state index contributed by atoms with van der Waals surface area (Å²) in [4.78, 5) is 47.9. The van der Waals surface area contributed by atoms with Crippen LogP contribution in [-0.2, 0) is 16.0 Å². The Bertz CT molecular complexity index is 957. The summed E-state index contributed by atoms with van der Waals surface area (Å²) in [5.74, 6) is -1.93. The highest BCUT2D eigenvalue weighted by atomic mass is 16.6. The molecule has 1 atom stereocenters. The molecule has 29 heavy (non-hydrogen) atoms. The smallest absolute Gasteiger partial charge is 0.331 e. The second-order valence-corrected chi connectivity index (χ2v) is 6.59. The summed E-state index contributed by atoms with van der Waals surface area (Å²) in [6.07, 6.45) is 0.519. The molecule has 1 heterocycles. The van der Waals surface area contributed by atoms with Crippen LogP contribution in [0, 0.1) is 10.1 Å². The number of fused-ring (bicyclic) bond motifs is 1. The van der Waals surface area contributed by atoms with Gasteiger partial charge in [-0.2, -0.15) is 0 Å². The standard InChI is InChI=1S/C20H19N3O6/c24-17(9-11-21-19(25)14-5-7-15(8-6-14)23(28)29)22-12-10-13-3-1-2-4-16(13)18(22)20(26)27/h1-8,18H,9-12H2,(H,21,25)(H,26,27). The average molecular weight is 397 g/mol. The molecule has 1 aliphatic heterocycles. The number of hydrogen-bond donors (Lipinski definition) is 2. The summed E-state index contributed by atoms with van der Waals surface area (Å²) in [6.45, 7) is 0.322. The molecule has 2 N–H and O–H groups in total. The van der Waals surface area contributed by atoms with E-state index in [0.29, 0.717) is 18.5 Å². The van der Waals surface area contributed by atoms with E-state index in [4.69, 9.17) is 0 Å². The monoisotopic (exact) mass is 397 g/mol. The van der Waals surface area contributed by atoms with Crippen molar-refractivity contribution in [3.05, 3.63) is 75.3 Å². The van der Waals surface area contributed by atoms with Gasteiger partial charge in [0.05, 0.1) is 4.92 Å². The molecule has 0 bridgehead atoms. The van der Waals surface area contributed by atoms with Gasteiger partial charge in [0.15, 0.2) is 6.04 Å². The summed E-state index contributed by atoms with van der Waals surface area (Å²) in [5.41, 5.74) is 1.63. The Morgan fingerprint density at radius 1 is 1.14 bits per heavy atom. The molecule has 1 aliphatic rings. The molecular weight excluding hydrogens is 378 g/mol. The highest BCUT2D eigenvalue weighted by molar-refractivity contribution is 5.94. The molecule has 0 fully saturated rings. The topological polar surface area (TPSA) is 130 Å². The predicted molar refractivity (Wildman–Crippen MR) is 102 cm³/mol. The van der Waals surface area contributed by atoms with Gasteiger partial charge in [-0.05, 0) is 29.7 Å². The number of non-ortho nitro benzene ring substituents is 1. The van der Waals surface area contributed by atoms with Gasteiger partial charge in [-0.15, -0.1) is 0 Å². The Morgan fingerprint density at radius 3 is 2.48 bits per heavy atom. The van der Waals surface area contributed by atoms with Crippen molar-refractivity contribution in [1.82, 2.24) is 10.2 Å². The third-order valence-corrected chi connectivity index (χ3v) is 4.80. The van der Waals surface area contributed by atoms with Crippen LogP contribution < -0.4 is 5.32 Å². The maximum Gasteiger partial charge on any atom is 0.331 e. The number of benzene rings is 2. The number of nitrogens with one attached hydrogen (secondary N) is 1. The van der Waals surface area contributed by atoms with Gasteiger partial charge in [0.25, 0.3) is 11.6 Å². The first-order chi connectivity index (χ1) is 13.9. The Balaban J connectivity index is 1.59. The fourth-order valence-electron chi connectivity index (χ4n) is 3.36. The minimum Gasteiger partial charge on any atom is -0.479 e. The minimum absolute atomic E-state index is 0.0269. The maximum atomic E-state index is 12.6. The number of nitrogens with zero attached hydrogens (tertiary/aromatic N) is 2. The summed E-state index contributed by atoms with van der Waals surface area (Å²) in [6, 6.07) is 11.2. The van der Waals surface area contributed by atoms with Crippen LogP contribution in [-0.4, -0.2) is 45.8 Å². The van der Waals surface area contributed by atoms with E-state index in [1.165, 1.54) is 29.2 Å². The third-order valence-electron chi connectivity index (χ3n) is 4.80. The molecular formula is C20H19N3O6. The van der Waals surface area contributed by atoms with Crippen LogP contribution in [0.15, 0.2) is 48.5 Å². The molecule has 2 amide bonds. The van der Waals surface area contributed by atoms with Crippen molar-refractivity contribution in [1.29, 1.82) is 0 Å². The number of nitro benzene ring substituents is 1. The van der Waals surface area contributed by atoms with Crippen molar-refractivity contribution in [3.8, 4) is 0 Å². The van der Waals surface area contributed by atoms with E-state index in [1.54, 1.807) is 12.1 Å². The van der Waals surface area contributed by atoms with E-state index < -0.39 is 22.8 Å². The Kier molecular flexibility index (Phi) is 5.87. The lowest BCUT2D eigenvalue weighted by Crippen LogP contribution is -2.44. The Morgan fingerprint density at radius 2 is 1.83 bits per heavy atom. The number of carbonyl (C=O) groups excluding carboxylic acids is 2. The van der Waals surface area contributed by atoms with E-state index >= 15 is 0 Å². The van der Waals surface area contributed by atoms with Crippen molar-refractivity contribution in [2.45, 2.75) is 18.9 Å². The zero-order valence-electron chi connectivity index (χ0n) is 15.4. The van der Waals surface area contributed by atoms with Gasteiger partial charge < -0.3 is 15.3 Å². The second kappa shape index (κ2) is 8.51. The van der Waals surface area contributed by atoms with Crippen LogP contribution >= 0.6 is 0 Å². The summed E-state index contributed by atoms with van der Waals surface area (Å²) < 4.78 is 0. The number of amides is 2. The van der Waals surface area contributed by atoms with Crippen LogP contribution in [0.25, 0.3) is 0 Å². The van der Waals surface area contributed by atoms with Gasteiger partial charge in [-0.25, -0.2) is 4.79 Å². The van der Waals surface area contributed by atoms with E-state index in [0.717, 1.165) is 5.56 Å². The zero-order valence-corrected chi connectivity index (χ0v) is 15.4. The first-order valence-electron chi connectivity index (χ1n) is 9.01. The van der Waals surface area contributed by atoms with Gasteiger partial charge >= 0.3 is 5.97 Å². The molecule has 9 nitrogen and oxygen atoms in total. The van der Waals surface area contributed by atoms with Gasteiger partial charge in [0.1, 0.15) is 0 Å². The van der Waals surface area contributed by atoms with Crippen LogP contribution in [0.5, 0.6) is 0 Å². The molecule has 0 aliphatic carbocycles. The molecule has 1 unspecified atom stereocenters. The molecule has 2 aromatic rings. The first-order valence-corrected chi connectivity index (χ1v) is 9.01. The fraction of sp³-hybridized carbons (Fsp3) is 0.250. The summed E-state index contributed by atoms with van der Waals surface area (Å²) in [5, 5.41) is 22.8. The number of carboxylic acid groups (broad SMARTS) is 1.